The number of aryl methyl sites for hydroxylation is 1. The number of carboxylic acids is 1. The number of aromatic nitrogens is 2. The molecule has 1 atom stereocenters. The number of aliphatic carboxylic acids is 1. The van der Waals surface area contributed by atoms with E-state index in [0.717, 1.165) is 11.4 Å². The average Bonchev–Trinajstić information content (AvgIpc) is 3.21. The van der Waals surface area contributed by atoms with Gasteiger partial charge in [-0.15, -0.1) is 0 Å². The number of hydrogen-bond donors (Lipinski definition) is 1. The standard InChI is InChI=1S/C19H23N3O3/c1-13(2)19(18(24)25)9-11-21(12-19)17(23)15-4-6-16(7-5-15)22-14(3)8-10-20-22/h4-8,10,13H,9,11-12H2,1-3H3,(H,24,25). The van der Waals surface area contributed by atoms with E-state index in [9.17, 15) is 14.7 Å². The molecule has 0 radical (unpaired) electrons. The van der Waals surface area contributed by atoms with Crippen molar-refractivity contribution in [1.29, 1.82) is 0 Å². The van der Waals surface area contributed by atoms with Crippen molar-refractivity contribution in [2.45, 2.75) is 27.2 Å². The molecular formula is C19H23N3O3. The summed E-state index contributed by atoms with van der Waals surface area (Å²) in [4.78, 5) is 26.1. The lowest BCUT2D eigenvalue weighted by atomic mass is 9.76. The van der Waals surface area contributed by atoms with Crippen LogP contribution in [0.3, 0.4) is 0 Å². The SMILES string of the molecule is Cc1ccnn1-c1ccc(C(=O)N2CCC(C(=O)O)(C(C)C)C2)cc1. The third-order valence-corrected chi connectivity index (χ3v) is 5.31. The first-order valence-electron chi connectivity index (χ1n) is 8.49. The summed E-state index contributed by atoms with van der Waals surface area (Å²) in [6.45, 7) is 6.52. The quantitative estimate of drug-likeness (QED) is 0.928. The van der Waals surface area contributed by atoms with Crippen LogP contribution in [0.2, 0.25) is 0 Å². The van der Waals surface area contributed by atoms with E-state index in [1.807, 2.05) is 39.0 Å². The van der Waals surface area contributed by atoms with Gasteiger partial charge in [0.05, 0.1) is 11.1 Å². The number of amides is 1. The highest BCUT2D eigenvalue weighted by atomic mass is 16.4. The number of benzene rings is 1. The summed E-state index contributed by atoms with van der Waals surface area (Å²) >= 11 is 0. The molecule has 0 aliphatic carbocycles. The van der Waals surface area contributed by atoms with Gasteiger partial charge in [-0.3, -0.25) is 9.59 Å². The van der Waals surface area contributed by atoms with Crippen LogP contribution in [0.4, 0.5) is 0 Å². The summed E-state index contributed by atoms with van der Waals surface area (Å²) in [6.07, 6.45) is 2.23. The van der Waals surface area contributed by atoms with Gasteiger partial charge in [-0.1, -0.05) is 13.8 Å². The highest BCUT2D eigenvalue weighted by Crippen LogP contribution is 2.38. The van der Waals surface area contributed by atoms with E-state index in [4.69, 9.17) is 0 Å². The lowest BCUT2D eigenvalue weighted by molar-refractivity contribution is -0.150. The van der Waals surface area contributed by atoms with Gasteiger partial charge in [-0.25, -0.2) is 4.68 Å². The molecule has 1 aliphatic heterocycles. The number of carbonyl (C=O) groups is 2. The molecule has 1 unspecified atom stereocenters. The maximum Gasteiger partial charge on any atom is 0.311 e. The van der Waals surface area contributed by atoms with Crippen LogP contribution in [0, 0.1) is 18.3 Å². The predicted molar refractivity (Wildman–Crippen MR) is 93.7 cm³/mol. The molecule has 1 fully saturated rings. The van der Waals surface area contributed by atoms with Crippen LogP contribution in [0.25, 0.3) is 5.69 Å². The first-order valence-corrected chi connectivity index (χ1v) is 8.49. The third-order valence-electron chi connectivity index (χ3n) is 5.31. The Morgan fingerprint density at radius 1 is 1.20 bits per heavy atom. The molecule has 3 rings (SSSR count). The molecule has 6 heteroatoms. The van der Waals surface area contributed by atoms with Gasteiger partial charge in [0.15, 0.2) is 0 Å². The second-order valence-electron chi connectivity index (χ2n) is 7.02. The van der Waals surface area contributed by atoms with Gasteiger partial charge in [-0.2, -0.15) is 5.10 Å². The van der Waals surface area contributed by atoms with E-state index >= 15 is 0 Å². The van der Waals surface area contributed by atoms with Gasteiger partial charge in [0, 0.05) is 30.5 Å². The Morgan fingerprint density at radius 2 is 1.88 bits per heavy atom. The molecule has 2 aromatic rings. The number of nitrogens with zero attached hydrogens (tertiary/aromatic N) is 3. The molecule has 1 aromatic carbocycles. The molecule has 2 heterocycles. The summed E-state index contributed by atoms with van der Waals surface area (Å²) in [7, 11) is 0. The fraction of sp³-hybridized carbons (Fsp3) is 0.421. The number of carbonyl (C=O) groups excluding carboxylic acids is 1. The Morgan fingerprint density at radius 3 is 2.36 bits per heavy atom. The zero-order valence-corrected chi connectivity index (χ0v) is 14.8. The maximum atomic E-state index is 12.8. The molecular weight excluding hydrogens is 318 g/mol. The fourth-order valence-corrected chi connectivity index (χ4v) is 3.47. The summed E-state index contributed by atoms with van der Waals surface area (Å²) in [6, 6.07) is 9.18. The first-order chi connectivity index (χ1) is 11.8. The molecule has 0 bridgehead atoms. The number of likely N-dealkylation sites (tertiary alicyclic amines) is 1. The average molecular weight is 341 g/mol. The minimum Gasteiger partial charge on any atom is -0.481 e. The molecule has 132 valence electrons. The van der Waals surface area contributed by atoms with Gasteiger partial charge < -0.3 is 10.0 Å². The monoisotopic (exact) mass is 341 g/mol. The predicted octanol–water partition coefficient (Wildman–Crippen LogP) is 2.75. The van der Waals surface area contributed by atoms with Crippen LogP contribution in [0.5, 0.6) is 0 Å². The van der Waals surface area contributed by atoms with Gasteiger partial charge in [0.2, 0.25) is 0 Å². The first kappa shape index (κ1) is 17.2. The van der Waals surface area contributed by atoms with Crippen molar-refractivity contribution in [3.63, 3.8) is 0 Å². The number of rotatable bonds is 4. The van der Waals surface area contributed by atoms with Crippen molar-refractivity contribution in [2.24, 2.45) is 11.3 Å². The van der Waals surface area contributed by atoms with Crippen LogP contribution in [-0.4, -0.2) is 44.8 Å². The summed E-state index contributed by atoms with van der Waals surface area (Å²) < 4.78 is 1.80. The van der Waals surface area contributed by atoms with Crippen LogP contribution < -0.4 is 0 Å². The molecule has 1 saturated heterocycles. The Hall–Kier alpha value is -2.63. The van der Waals surface area contributed by atoms with E-state index in [2.05, 4.69) is 5.10 Å². The second-order valence-corrected chi connectivity index (χ2v) is 7.02. The van der Waals surface area contributed by atoms with E-state index in [1.165, 1.54) is 0 Å². The summed E-state index contributed by atoms with van der Waals surface area (Å²) in [5.41, 5.74) is 1.63. The highest BCUT2D eigenvalue weighted by Gasteiger charge is 2.48. The summed E-state index contributed by atoms with van der Waals surface area (Å²) in [5, 5.41) is 13.9. The Bertz CT molecular complexity index is 795. The smallest absolute Gasteiger partial charge is 0.311 e. The zero-order valence-electron chi connectivity index (χ0n) is 14.8. The molecule has 1 aromatic heterocycles. The molecule has 25 heavy (non-hydrogen) atoms. The number of hydrogen-bond acceptors (Lipinski definition) is 3. The van der Waals surface area contributed by atoms with E-state index in [1.54, 1.807) is 27.9 Å². The van der Waals surface area contributed by atoms with Crippen LogP contribution in [0.1, 0.15) is 36.3 Å². The van der Waals surface area contributed by atoms with Crippen LogP contribution in [-0.2, 0) is 4.79 Å². The lowest BCUT2D eigenvalue weighted by Gasteiger charge is -2.28. The normalized spacial score (nSPS) is 20.2. The maximum absolute atomic E-state index is 12.8. The molecule has 0 spiro atoms. The van der Waals surface area contributed by atoms with Crippen molar-refractivity contribution >= 4 is 11.9 Å². The lowest BCUT2D eigenvalue weighted by Crippen LogP contribution is -2.40. The molecule has 6 nitrogen and oxygen atoms in total. The Balaban J connectivity index is 1.78. The van der Waals surface area contributed by atoms with Crippen molar-refractivity contribution in [2.75, 3.05) is 13.1 Å². The second kappa shape index (κ2) is 6.35. The van der Waals surface area contributed by atoms with Crippen molar-refractivity contribution in [3.05, 3.63) is 47.8 Å². The number of carboxylic acid groups (broad SMARTS) is 1. The zero-order chi connectivity index (χ0) is 18.2. The van der Waals surface area contributed by atoms with Crippen LogP contribution in [0.15, 0.2) is 36.5 Å². The van der Waals surface area contributed by atoms with Crippen molar-refractivity contribution < 1.29 is 14.7 Å². The summed E-state index contributed by atoms with van der Waals surface area (Å²) in [5.74, 6) is -0.956. The molecule has 0 saturated carbocycles. The topological polar surface area (TPSA) is 75.4 Å². The third kappa shape index (κ3) is 2.92. The Kier molecular flexibility index (Phi) is 4.37. The minimum atomic E-state index is -0.845. The Labute approximate surface area is 147 Å². The highest BCUT2D eigenvalue weighted by molar-refractivity contribution is 5.95. The molecule has 1 amide bonds. The molecule has 1 N–H and O–H groups in total. The van der Waals surface area contributed by atoms with Gasteiger partial charge in [0.25, 0.3) is 5.91 Å². The van der Waals surface area contributed by atoms with Gasteiger partial charge in [0.1, 0.15) is 0 Å². The van der Waals surface area contributed by atoms with Gasteiger partial charge in [-0.05, 0) is 49.6 Å². The van der Waals surface area contributed by atoms with E-state index < -0.39 is 11.4 Å². The van der Waals surface area contributed by atoms with Crippen molar-refractivity contribution in [3.8, 4) is 5.69 Å². The van der Waals surface area contributed by atoms with E-state index in [-0.39, 0.29) is 18.4 Å². The van der Waals surface area contributed by atoms with E-state index in [0.29, 0.717) is 18.5 Å². The van der Waals surface area contributed by atoms with Gasteiger partial charge >= 0.3 is 5.97 Å². The van der Waals surface area contributed by atoms with Crippen LogP contribution >= 0.6 is 0 Å². The fourth-order valence-electron chi connectivity index (χ4n) is 3.47. The molecule has 1 aliphatic rings. The van der Waals surface area contributed by atoms with Crippen molar-refractivity contribution in [1.82, 2.24) is 14.7 Å². The largest absolute Gasteiger partial charge is 0.481 e. The minimum absolute atomic E-state index is 0.0204.